The molecule has 0 bridgehead atoms. The molecule has 27 heavy (non-hydrogen) atoms. The number of thiophene rings is 1. The molecule has 0 saturated heterocycles. The molecule has 1 rings (SSSR count). The molecule has 0 saturated carbocycles. The number of nitrogens with one attached hydrogen (secondary N) is 1. The number of thioether (sulfide) groups is 1. The molecule has 0 radical (unpaired) electrons. The standard InChI is InChI=1S/C17H24N2O6S2/c1-6-24-12(21)9-26-8-11(20)18-15-13(17(23)25-7-2)10(3)14(27-15)16(22)19(4)5/h6-9H2,1-5H3,(H,18,20). The van der Waals surface area contributed by atoms with E-state index in [1.807, 2.05) is 0 Å². The van der Waals surface area contributed by atoms with Crippen molar-refractivity contribution in [2.75, 3.05) is 44.1 Å². The van der Waals surface area contributed by atoms with Crippen LogP contribution in [-0.2, 0) is 19.1 Å². The Morgan fingerprint density at radius 1 is 1.07 bits per heavy atom. The fourth-order valence-corrected chi connectivity index (χ4v) is 3.89. The second kappa shape index (κ2) is 10.9. The highest BCUT2D eigenvalue weighted by Crippen LogP contribution is 2.34. The third-order valence-electron chi connectivity index (χ3n) is 3.24. The molecule has 8 nitrogen and oxygen atoms in total. The fraction of sp³-hybridized carbons (Fsp3) is 0.529. The molecule has 150 valence electrons. The lowest BCUT2D eigenvalue weighted by molar-refractivity contribution is -0.139. The average Bonchev–Trinajstić information content (AvgIpc) is 2.90. The van der Waals surface area contributed by atoms with E-state index >= 15 is 0 Å². The Morgan fingerprint density at radius 2 is 1.70 bits per heavy atom. The quantitative estimate of drug-likeness (QED) is 0.616. The van der Waals surface area contributed by atoms with Crippen molar-refractivity contribution in [3.05, 3.63) is 16.0 Å². The van der Waals surface area contributed by atoms with Crippen LogP contribution < -0.4 is 5.32 Å². The normalized spacial score (nSPS) is 10.3. The molecule has 0 aromatic carbocycles. The van der Waals surface area contributed by atoms with E-state index < -0.39 is 11.9 Å². The van der Waals surface area contributed by atoms with Crippen molar-refractivity contribution in [2.45, 2.75) is 20.8 Å². The lowest BCUT2D eigenvalue weighted by atomic mass is 10.1. The van der Waals surface area contributed by atoms with Gasteiger partial charge in [0.05, 0.1) is 35.2 Å². The number of esters is 2. The number of amides is 2. The van der Waals surface area contributed by atoms with Gasteiger partial charge in [-0.3, -0.25) is 14.4 Å². The van der Waals surface area contributed by atoms with Crippen LogP contribution in [0.5, 0.6) is 0 Å². The molecule has 1 N–H and O–H groups in total. The molecule has 1 aromatic rings. The molecule has 0 aliphatic heterocycles. The molecule has 0 fully saturated rings. The summed E-state index contributed by atoms with van der Waals surface area (Å²) in [5, 5.41) is 2.91. The van der Waals surface area contributed by atoms with E-state index in [1.165, 1.54) is 4.90 Å². The van der Waals surface area contributed by atoms with Gasteiger partial charge < -0.3 is 19.7 Å². The van der Waals surface area contributed by atoms with Crippen molar-refractivity contribution < 1.29 is 28.7 Å². The van der Waals surface area contributed by atoms with Crippen LogP contribution in [0.1, 0.15) is 39.4 Å². The van der Waals surface area contributed by atoms with Crippen molar-refractivity contribution in [1.82, 2.24) is 4.90 Å². The van der Waals surface area contributed by atoms with E-state index in [4.69, 9.17) is 9.47 Å². The Morgan fingerprint density at radius 3 is 2.26 bits per heavy atom. The highest BCUT2D eigenvalue weighted by molar-refractivity contribution is 8.00. The summed E-state index contributed by atoms with van der Waals surface area (Å²) in [5.74, 6) is -1.58. The van der Waals surface area contributed by atoms with Gasteiger partial charge >= 0.3 is 11.9 Å². The lowest BCUT2D eigenvalue weighted by Crippen LogP contribution is -2.21. The highest BCUT2D eigenvalue weighted by atomic mass is 32.2. The summed E-state index contributed by atoms with van der Waals surface area (Å²) in [5.41, 5.74) is 0.641. The highest BCUT2D eigenvalue weighted by Gasteiger charge is 2.27. The maximum atomic E-state index is 12.3. The lowest BCUT2D eigenvalue weighted by Gasteiger charge is -2.09. The van der Waals surface area contributed by atoms with Crippen LogP contribution in [0.4, 0.5) is 5.00 Å². The molecular weight excluding hydrogens is 392 g/mol. The summed E-state index contributed by atoms with van der Waals surface area (Å²) in [6.07, 6.45) is 0. The number of rotatable bonds is 9. The number of carbonyl (C=O) groups excluding carboxylic acids is 4. The molecule has 1 aromatic heterocycles. The van der Waals surface area contributed by atoms with Crippen LogP contribution in [0.15, 0.2) is 0 Å². The number of anilines is 1. The van der Waals surface area contributed by atoms with Gasteiger partial charge in [-0.15, -0.1) is 23.1 Å². The average molecular weight is 417 g/mol. The predicted octanol–water partition coefficient (Wildman–Crippen LogP) is 2.17. The number of carbonyl (C=O) groups is 4. The molecule has 10 heteroatoms. The Hall–Kier alpha value is -2.07. The van der Waals surface area contributed by atoms with Crippen LogP contribution in [0.3, 0.4) is 0 Å². The summed E-state index contributed by atoms with van der Waals surface area (Å²) < 4.78 is 9.84. The zero-order valence-electron chi connectivity index (χ0n) is 16.0. The van der Waals surface area contributed by atoms with E-state index in [0.717, 1.165) is 23.1 Å². The molecular formula is C17H24N2O6S2. The van der Waals surface area contributed by atoms with Gasteiger partial charge in [-0.1, -0.05) is 0 Å². The molecule has 0 aliphatic rings. The number of hydrogen-bond acceptors (Lipinski definition) is 8. The van der Waals surface area contributed by atoms with Crippen molar-refractivity contribution in [2.24, 2.45) is 0 Å². The Kier molecular flexibility index (Phi) is 9.30. The first-order chi connectivity index (χ1) is 12.7. The summed E-state index contributed by atoms with van der Waals surface area (Å²) >= 11 is 2.13. The minimum absolute atomic E-state index is 0.00892. The van der Waals surface area contributed by atoms with Crippen molar-refractivity contribution in [1.29, 1.82) is 0 Å². The van der Waals surface area contributed by atoms with Gasteiger partial charge in [0.25, 0.3) is 5.91 Å². The van der Waals surface area contributed by atoms with Crippen LogP contribution in [-0.4, -0.2) is 67.5 Å². The predicted molar refractivity (Wildman–Crippen MR) is 106 cm³/mol. The second-order valence-electron chi connectivity index (χ2n) is 5.53. The fourth-order valence-electron chi connectivity index (χ4n) is 2.05. The molecule has 0 spiro atoms. The van der Waals surface area contributed by atoms with E-state index in [-0.39, 0.29) is 47.1 Å². The van der Waals surface area contributed by atoms with E-state index in [9.17, 15) is 19.2 Å². The van der Waals surface area contributed by atoms with Gasteiger partial charge in [0.2, 0.25) is 5.91 Å². The van der Waals surface area contributed by atoms with Gasteiger partial charge in [-0.2, -0.15) is 0 Å². The molecule has 1 heterocycles. The topological polar surface area (TPSA) is 102 Å². The minimum Gasteiger partial charge on any atom is -0.465 e. The largest absolute Gasteiger partial charge is 0.465 e. The number of hydrogen-bond donors (Lipinski definition) is 1. The molecule has 0 unspecified atom stereocenters. The van der Waals surface area contributed by atoms with Gasteiger partial charge in [0.1, 0.15) is 5.00 Å². The molecule has 2 amide bonds. The number of nitrogens with zero attached hydrogens (tertiary/aromatic N) is 1. The van der Waals surface area contributed by atoms with Gasteiger partial charge in [0.15, 0.2) is 0 Å². The third-order valence-corrected chi connectivity index (χ3v) is 5.34. The summed E-state index contributed by atoms with van der Waals surface area (Å²) in [6, 6.07) is 0. The maximum Gasteiger partial charge on any atom is 0.341 e. The third kappa shape index (κ3) is 6.55. The van der Waals surface area contributed by atoms with Gasteiger partial charge in [0, 0.05) is 14.1 Å². The maximum absolute atomic E-state index is 12.3. The Balaban J connectivity index is 2.95. The summed E-state index contributed by atoms with van der Waals surface area (Å²) in [6.45, 7) is 5.48. The van der Waals surface area contributed by atoms with E-state index in [1.54, 1.807) is 34.9 Å². The van der Waals surface area contributed by atoms with Crippen molar-refractivity contribution >= 4 is 51.9 Å². The van der Waals surface area contributed by atoms with Crippen molar-refractivity contribution in [3.63, 3.8) is 0 Å². The molecule has 0 aliphatic carbocycles. The molecule has 0 atom stereocenters. The Labute approximate surface area is 166 Å². The second-order valence-corrected chi connectivity index (χ2v) is 7.53. The first-order valence-electron chi connectivity index (χ1n) is 8.28. The Bertz CT molecular complexity index is 715. The summed E-state index contributed by atoms with van der Waals surface area (Å²) in [4.78, 5) is 49.9. The zero-order valence-corrected chi connectivity index (χ0v) is 17.7. The summed E-state index contributed by atoms with van der Waals surface area (Å²) in [7, 11) is 3.21. The first-order valence-corrected chi connectivity index (χ1v) is 10.2. The van der Waals surface area contributed by atoms with E-state index in [0.29, 0.717) is 10.4 Å². The van der Waals surface area contributed by atoms with Crippen LogP contribution in [0, 0.1) is 6.92 Å². The van der Waals surface area contributed by atoms with Crippen LogP contribution >= 0.6 is 23.1 Å². The van der Waals surface area contributed by atoms with E-state index in [2.05, 4.69) is 5.32 Å². The zero-order chi connectivity index (χ0) is 20.6. The van der Waals surface area contributed by atoms with Crippen molar-refractivity contribution in [3.8, 4) is 0 Å². The SMILES string of the molecule is CCOC(=O)CSCC(=O)Nc1sc(C(=O)N(C)C)c(C)c1C(=O)OCC. The van der Waals surface area contributed by atoms with Crippen LogP contribution in [0.2, 0.25) is 0 Å². The minimum atomic E-state index is -0.599. The van der Waals surface area contributed by atoms with Gasteiger partial charge in [-0.05, 0) is 26.3 Å². The first kappa shape index (κ1) is 23.0. The smallest absolute Gasteiger partial charge is 0.341 e. The monoisotopic (exact) mass is 416 g/mol. The van der Waals surface area contributed by atoms with Crippen LogP contribution in [0.25, 0.3) is 0 Å². The number of ether oxygens (including phenoxy) is 2. The van der Waals surface area contributed by atoms with Gasteiger partial charge in [-0.25, -0.2) is 4.79 Å².